The lowest BCUT2D eigenvalue weighted by Crippen LogP contribution is -2.45. The molecule has 0 radical (unpaired) electrons. The lowest BCUT2D eigenvalue weighted by Gasteiger charge is -2.27. The van der Waals surface area contributed by atoms with Crippen LogP contribution >= 0.6 is 11.6 Å². The van der Waals surface area contributed by atoms with Crippen LogP contribution in [-0.2, 0) is 6.54 Å². The normalized spacial score (nSPS) is 23.2. The first-order chi connectivity index (χ1) is 12.2. The standard InChI is InChI=1S/C18H26ClN3O3/c1-2-20-18(22-13-3-5-14(23)6-4-13)21-11-12-9-15(19)17-16(10-12)24-7-8-25-17/h9-10,13-14,23H,2-8,11H2,1H3,(H2,20,21,22). The van der Waals surface area contributed by atoms with Gasteiger partial charge in [-0.05, 0) is 50.3 Å². The number of aliphatic hydroxyl groups excluding tert-OH is 1. The van der Waals surface area contributed by atoms with Gasteiger partial charge in [-0.25, -0.2) is 4.99 Å². The first-order valence-electron chi connectivity index (χ1n) is 8.96. The molecule has 3 N–H and O–H groups in total. The van der Waals surface area contributed by atoms with Gasteiger partial charge in [-0.1, -0.05) is 11.6 Å². The van der Waals surface area contributed by atoms with Crippen molar-refractivity contribution in [2.24, 2.45) is 4.99 Å². The molecule has 0 aromatic heterocycles. The van der Waals surface area contributed by atoms with E-state index >= 15 is 0 Å². The predicted octanol–water partition coefficient (Wildman–Crippen LogP) is 2.47. The van der Waals surface area contributed by atoms with Crippen LogP contribution in [0.15, 0.2) is 17.1 Å². The summed E-state index contributed by atoms with van der Waals surface area (Å²) in [6.45, 7) is 4.40. The van der Waals surface area contributed by atoms with Crippen LogP contribution in [0.25, 0.3) is 0 Å². The van der Waals surface area contributed by atoms with E-state index in [0.29, 0.717) is 42.3 Å². The van der Waals surface area contributed by atoms with Gasteiger partial charge in [0.1, 0.15) is 13.2 Å². The molecular weight excluding hydrogens is 342 g/mol. The number of hydrogen-bond donors (Lipinski definition) is 3. The molecule has 1 aromatic carbocycles. The molecule has 1 heterocycles. The molecule has 6 nitrogen and oxygen atoms in total. The van der Waals surface area contributed by atoms with E-state index in [2.05, 4.69) is 15.6 Å². The van der Waals surface area contributed by atoms with Crippen molar-refractivity contribution >= 4 is 17.6 Å². The minimum absolute atomic E-state index is 0.155. The van der Waals surface area contributed by atoms with Crippen LogP contribution in [0.1, 0.15) is 38.2 Å². The molecule has 0 bridgehead atoms. The summed E-state index contributed by atoms with van der Waals surface area (Å²) in [5.41, 5.74) is 0.977. The maximum absolute atomic E-state index is 9.63. The van der Waals surface area contributed by atoms with Crippen molar-refractivity contribution in [3.8, 4) is 11.5 Å². The highest BCUT2D eigenvalue weighted by atomic mass is 35.5. The van der Waals surface area contributed by atoms with E-state index in [1.165, 1.54) is 0 Å². The summed E-state index contributed by atoms with van der Waals surface area (Å²) < 4.78 is 11.2. The van der Waals surface area contributed by atoms with Gasteiger partial charge in [0.2, 0.25) is 0 Å². The number of halogens is 1. The summed E-state index contributed by atoms with van der Waals surface area (Å²) in [6.07, 6.45) is 3.45. The van der Waals surface area contributed by atoms with Gasteiger partial charge in [-0.2, -0.15) is 0 Å². The number of nitrogens with zero attached hydrogens (tertiary/aromatic N) is 1. The Kier molecular flexibility index (Phi) is 6.26. The average molecular weight is 368 g/mol. The lowest BCUT2D eigenvalue weighted by atomic mass is 9.93. The van der Waals surface area contributed by atoms with E-state index in [9.17, 15) is 5.11 Å². The second-order valence-corrected chi connectivity index (χ2v) is 6.85. The fraction of sp³-hybridized carbons (Fsp3) is 0.611. The first-order valence-corrected chi connectivity index (χ1v) is 9.34. The summed E-state index contributed by atoms with van der Waals surface area (Å²) in [5.74, 6) is 2.09. The zero-order chi connectivity index (χ0) is 17.6. The van der Waals surface area contributed by atoms with Crippen molar-refractivity contribution in [1.82, 2.24) is 10.6 Å². The average Bonchev–Trinajstić information content (AvgIpc) is 2.62. The topological polar surface area (TPSA) is 75.1 Å². The van der Waals surface area contributed by atoms with Crippen molar-refractivity contribution in [3.05, 3.63) is 22.7 Å². The second-order valence-electron chi connectivity index (χ2n) is 6.45. The molecule has 7 heteroatoms. The number of nitrogens with one attached hydrogen (secondary N) is 2. The molecule has 0 saturated heterocycles. The number of guanidine groups is 1. The van der Waals surface area contributed by atoms with Crippen molar-refractivity contribution in [2.75, 3.05) is 19.8 Å². The number of fused-ring (bicyclic) bond motifs is 1. The predicted molar refractivity (Wildman–Crippen MR) is 98.7 cm³/mol. The highest BCUT2D eigenvalue weighted by Gasteiger charge is 2.20. The smallest absolute Gasteiger partial charge is 0.191 e. The summed E-state index contributed by atoms with van der Waals surface area (Å²) in [5, 5.41) is 16.9. The lowest BCUT2D eigenvalue weighted by molar-refractivity contribution is 0.120. The summed E-state index contributed by atoms with van der Waals surface area (Å²) >= 11 is 6.28. The Labute approximate surface area is 153 Å². The molecule has 1 fully saturated rings. The quantitative estimate of drug-likeness (QED) is 0.563. The summed E-state index contributed by atoms with van der Waals surface area (Å²) in [7, 11) is 0. The number of benzene rings is 1. The van der Waals surface area contributed by atoms with Crippen LogP contribution in [0.4, 0.5) is 0 Å². The van der Waals surface area contributed by atoms with E-state index in [1.807, 2.05) is 19.1 Å². The van der Waals surface area contributed by atoms with Crippen LogP contribution in [0.5, 0.6) is 11.5 Å². The molecule has 1 aromatic rings. The Morgan fingerprint density at radius 2 is 2.00 bits per heavy atom. The summed E-state index contributed by atoms with van der Waals surface area (Å²) in [4.78, 5) is 4.66. The van der Waals surface area contributed by atoms with Gasteiger partial charge in [0.05, 0.1) is 17.7 Å². The van der Waals surface area contributed by atoms with Gasteiger partial charge < -0.3 is 25.2 Å². The minimum atomic E-state index is -0.155. The Morgan fingerprint density at radius 1 is 1.24 bits per heavy atom. The first kappa shape index (κ1) is 18.1. The Balaban J connectivity index is 1.66. The van der Waals surface area contributed by atoms with Gasteiger partial charge in [-0.3, -0.25) is 0 Å². The zero-order valence-electron chi connectivity index (χ0n) is 14.6. The largest absolute Gasteiger partial charge is 0.486 e. The molecule has 138 valence electrons. The van der Waals surface area contributed by atoms with E-state index in [-0.39, 0.29) is 6.10 Å². The maximum atomic E-state index is 9.63. The molecule has 1 aliphatic carbocycles. The Morgan fingerprint density at radius 3 is 2.76 bits per heavy atom. The zero-order valence-corrected chi connectivity index (χ0v) is 15.3. The van der Waals surface area contributed by atoms with Gasteiger partial charge in [0.25, 0.3) is 0 Å². The molecule has 1 saturated carbocycles. The molecule has 1 aliphatic heterocycles. The van der Waals surface area contributed by atoms with Crippen molar-refractivity contribution in [1.29, 1.82) is 0 Å². The maximum Gasteiger partial charge on any atom is 0.191 e. The molecule has 0 amide bonds. The number of hydrogen-bond acceptors (Lipinski definition) is 4. The van der Waals surface area contributed by atoms with Crippen LogP contribution < -0.4 is 20.1 Å². The van der Waals surface area contributed by atoms with Crippen LogP contribution in [0.3, 0.4) is 0 Å². The Bertz CT molecular complexity index is 616. The fourth-order valence-electron chi connectivity index (χ4n) is 3.16. The highest BCUT2D eigenvalue weighted by Crippen LogP contribution is 2.38. The molecule has 2 aliphatic rings. The van der Waals surface area contributed by atoms with E-state index in [4.69, 9.17) is 21.1 Å². The molecule has 0 unspecified atom stereocenters. The molecule has 3 rings (SSSR count). The van der Waals surface area contributed by atoms with Gasteiger partial charge in [0.15, 0.2) is 17.5 Å². The van der Waals surface area contributed by atoms with Crippen molar-refractivity contribution < 1.29 is 14.6 Å². The van der Waals surface area contributed by atoms with Gasteiger partial charge >= 0.3 is 0 Å². The minimum Gasteiger partial charge on any atom is -0.486 e. The third-order valence-corrected chi connectivity index (χ3v) is 4.74. The monoisotopic (exact) mass is 367 g/mol. The van der Waals surface area contributed by atoms with E-state index in [1.54, 1.807) is 0 Å². The number of aliphatic hydroxyl groups is 1. The molecule has 0 spiro atoms. The van der Waals surface area contributed by atoms with Crippen molar-refractivity contribution in [3.63, 3.8) is 0 Å². The third-order valence-electron chi connectivity index (χ3n) is 4.46. The van der Waals surface area contributed by atoms with Crippen LogP contribution in [-0.4, -0.2) is 43.0 Å². The van der Waals surface area contributed by atoms with Crippen molar-refractivity contribution in [2.45, 2.75) is 51.3 Å². The third kappa shape index (κ3) is 4.92. The van der Waals surface area contributed by atoms with E-state index < -0.39 is 0 Å². The SMILES string of the molecule is CCNC(=NCc1cc(Cl)c2c(c1)OCCO2)NC1CCC(O)CC1. The Hall–Kier alpha value is -1.66. The fourth-order valence-corrected chi connectivity index (χ4v) is 3.45. The van der Waals surface area contributed by atoms with Gasteiger partial charge in [0, 0.05) is 12.6 Å². The molecule has 25 heavy (non-hydrogen) atoms. The van der Waals surface area contributed by atoms with Crippen LogP contribution in [0.2, 0.25) is 5.02 Å². The summed E-state index contributed by atoms with van der Waals surface area (Å²) in [6, 6.07) is 4.16. The number of rotatable bonds is 4. The van der Waals surface area contributed by atoms with Gasteiger partial charge in [-0.15, -0.1) is 0 Å². The highest BCUT2D eigenvalue weighted by molar-refractivity contribution is 6.32. The number of aliphatic imine (C=N–C) groups is 1. The second kappa shape index (κ2) is 8.63. The number of ether oxygens (including phenoxy) is 2. The van der Waals surface area contributed by atoms with Crippen LogP contribution in [0, 0.1) is 0 Å². The van der Waals surface area contributed by atoms with E-state index in [0.717, 1.165) is 43.8 Å². The molecule has 0 atom stereocenters. The molecular formula is C18H26ClN3O3.